The van der Waals surface area contributed by atoms with Gasteiger partial charge in [-0.25, -0.2) is 8.42 Å². The number of anilines is 1. The lowest BCUT2D eigenvalue weighted by Gasteiger charge is -1.90. The number of aryl methyl sites for hydroxylation is 1. The Bertz CT molecular complexity index is 320. The van der Waals surface area contributed by atoms with Crippen LogP contribution in [-0.4, -0.2) is 13.6 Å². The summed E-state index contributed by atoms with van der Waals surface area (Å²) in [6, 6.07) is 0. The number of aromatic nitrogens is 1. The number of hydrogen-bond acceptors (Lipinski definition) is 4. The molecule has 0 saturated carbocycles. The van der Waals surface area contributed by atoms with E-state index in [0.29, 0.717) is 11.3 Å². The zero-order chi connectivity index (χ0) is 8.43. The predicted octanol–water partition coefficient (Wildman–Crippen LogP) is 0.230. The lowest BCUT2D eigenvalue weighted by Crippen LogP contribution is -1.96. The normalized spacial score (nSPS) is 10.5. The molecule has 0 aliphatic rings. The lowest BCUT2D eigenvalue weighted by molar-refractivity contribution is 0.399. The molecule has 0 radical (unpaired) electrons. The van der Waals surface area contributed by atoms with E-state index >= 15 is 0 Å². The molecule has 0 spiro atoms. The van der Waals surface area contributed by atoms with E-state index in [1.165, 1.54) is 0 Å². The van der Waals surface area contributed by atoms with Crippen LogP contribution in [0.25, 0.3) is 0 Å². The van der Waals surface area contributed by atoms with Gasteiger partial charge in [0.15, 0.2) is 5.82 Å². The second kappa shape index (κ2) is 2.91. The van der Waals surface area contributed by atoms with Gasteiger partial charge in [0.2, 0.25) is 10.9 Å². The number of nitrogens with zero attached hydrogens (tertiary/aromatic N) is 1. The van der Waals surface area contributed by atoms with Crippen LogP contribution in [0.4, 0.5) is 5.82 Å². The Morgan fingerprint density at radius 3 is 2.45 bits per heavy atom. The van der Waals surface area contributed by atoms with E-state index in [1.807, 2.05) is 0 Å². The van der Waals surface area contributed by atoms with Gasteiger partial charge in [-0.2, -0.15) is 0 Å². The van der Waals surface area contributed by atoms with E-state index in [1.54, 1.807) is 13.8 Å². The highest BCUT2D eigenvalue weighted by Gasteiger charge is 2.06. The maximum absolute atomic E-state index is 10.2. The first-order chi connectivity index (χ1) is 5.11. The third-order valence-electron chi connectivity index (χ3n) is 1.35. The van der Waals surface area contributed by atoms with Gasteiger partial charge < -0.3 is 4.52 Å². The minimum atomic E-state index is -2.65. The molecule has 1 aromatic rings. The zero-order valence-corrected chi connectivity index (χ0v) is 7.01. The molecule has 0 aliphatic heterocycles. The smallest absolute Gasteiger partial charge is 0.223 e. The van der Waals surface area contributed by atoms with Crippen molar-refractivity contribution in [1.82, 2.24) is 5.16 Å². The highest BCUT2D eigenvalue weighted by molar-refractivity contribution is 7.73. The summed E-state index contributed by atoms with van der Waals surface area (Å²) in [5.74, 6) is 0.878. The van der Waals surface area contributed by atoms with Gasteiger partial charge >= 0.3 is 0 Å². The zero-order valence-electron chi connectivity index (χ0n) is 6.12. The van der Waals surface area contributed by atoms with Crippen molar-refractivity contribution in [1.29, 1.82) is 0 Å². The Morgan fingerprint density at radius 2 is 2.09 bits per heavy atom. The molecule has 0 aromatic carbocycles. The maximum atomic E-state index is 10.2. The molecule has 62 valence electrons. The van der Waals surface area contributed by atoms with Crippen molar-refractivity contribution in [3.63, 3.8) is 0 Å². The van der Waals surface area contributed by atoms with Crippen LogP contribution < -0.4 is 4.72 Å². The van der Waals surface area contributed by atoms with Gasteiger partial charge in [0.1, 0.15) is 5.76 Å². The molecule has 0 bridgehead atoms. The lowest BCUT2D eigenvalue weighted by atomic mass is 10.3. The van der Waals surface area contributed by atoms with Gasteiger partial charge in [0.25, 0.3) is 0 Å². The van der Waals surface area contributed by atoms with Crippen molar-refractivity contribution in [3.8, 4) is 0 Å². The molecule has 0 amide bonds. The summed E-state index contributed by atoms with van der Waals surface area (Å²) < 4.78 is 27.2. The SMILES string of the molecule is Cc1onc(N[SH](=O)=O)c1C. The summed E-state index contributed by atoms with van der Waals surface area (Å²) in [4.78, 5) is 0. The third-order valence-corrected chi connectivity index (χ3v) is 1.75. The molecule has 0 unspecified atom stereocenters. The summed E-state index contributed by atoms with van der Waals surface area (Å²) in [5, 5.41) is 3.49. The molecular weight excluding hydrogens is 168 g/mol. The van der Waals surface area contributed by atoms with E-state index in [2.05, 4.69) is 9.88 Å². The first-order valence-corrected chi connectivity index (χ1v) is 4.13. The monoisotopic (exact) mass is 176 g/mol. The van der Waals surface area contributed by atoms with Crippen molar-refractivity contribution >= 4 is 16.7 Å². The number of rotatable bonds is 2. The molecule has 5 nitrogen and oxygen atoms in total. The second-order valence-corrected chi connectivity index (χ2v) is 2.82. The summed E-state index contributed by atoms with van der Waals surface area (Å²) in [5.41, 5.74) is 0.712. The van der Waals surface area contributed by atoms with Crippen molar-refractivity contribution in [3.05, 3.63) is 11.3 Å². The summed E-state index contributed by atoms with van der Waals surface area (Å²) >= 11 is 0. The average Bonchev–Trinajstić information content (AvgIpc) is 2.18. The van der Waals surface area contributed by atoms with Crippen LogP contribution >= 0.6 is 0 Å². The number of thiol groups is 1. The highest BCUT2D eigenvalue weighted by atomic mass is 32.2. The van der Waals surface area contributed by atoms with Crippen LogP contribution in [0.15, 0.2) is 4.52 Å². The predicted molar refractivity (Wildman–Crippen MR) is 39.9 cm³/mol. The molecule has 0 fully saturated rings. The fourth-order valence-corrected chi connectivity index (χ4v) is 0.990. The molecule has 0 saturated heterocycles. The number of hydrogen-bond donors (Lipinski definition) is 2. The molecule has 1 N–H and O–H groups in total. The van der Waals surface area contributed by atoms with E-state index < -0.39 is 10.9 Å². The Balaban J connectivity index is 2.95. The second-order valence-electron chi connectivity index (χ2n) is 2.08. The van der Waals surface area contributed by atoms with E-state index in [4.69, 9.17) is 4.52 Å². The first-order valence-electron chi connectivity index (χ1n) is 2.95. The maximum Gasteiger partial charge on any atom is 0.223 e. The molecule has 1 aromatic heterocycles. The van der Waals surface area contributed by atoms with E-state index in [9.17, 15) is 8.42 Å². The standard InChI is InChI=1S/C5H8N2O3S/c1-3-4(2)10-6-5(3)7-11(8)9/h11H,1-2H3,(H,6,7,8,9). The van der Waals surface area contributed by atoms with Gasteiger partial charge in [-0.1, -0.05) is 5.16 Å². The van der Waals surface area contributed by atoms with Crippen LogP contribution in [0.3, 0.4) is 0 Å². The molecule has 1 rings (SSSR count). The van der Waals surface area contributed by atoms with Crippen molar-refractivity contribution in [2.75, 3.05) is 4.72 Å². The summed E-state index contributed by atoms with van der Waals surface area (Å²) in [7, 11) is -2.65. The minimum Gasteiger partial charge on any atom is -0.359 e. The molecular formula is C5H8N2O3S. The summed E-state index contributed by atoms with van der Waals surface area (Å²) in [6.07, 6.45) is 0. The molecule has 0 atom stereocenters. The van der Waals surface area contributed by atoms with Gasteiger partial charge in [-0.05, 0) is 13.8 Å². The Kier molecular flexibility index (Phi) is 2.13. The molecule has 6 heteroatoms. The first kappa shape index (κ1) is 8.06. The molecule has 1 heterocycles. The van der Waals surface area contributed by atoms with Crippen molar-refractivity contribution < 1.29 is 12.9 Å². The fourth-order valence-electron chi connectivity index (χ4n) is 0.609. The highest BCUT2D eigenvalue weighted by Crippen LogP contribution is 2.15. The minimum absolute atomic E-state index is 0.263. The summed E-state index contributed by atoms with van der Waals surface area (Å²) in [6.45, 7) is 3.44. The van der Waals surface area contributed by atoms with Crippen molar-refractivity contribution in [2.45, 2.75) is 13.8 Å². The third kappa shape index (κ3) is 1.70. The average molecular weight is 176 g/mol. The van der Waals surface area contributed by atoms with Crippen LogP contribution in [0.2, 0.25) is 0 Å². The quantitative estimate of drug-likeness (QED) is 0.633. The fraction of sp³-hybridized carbons (Fsp3) is 0.400. The Morgan fingerprint density at radius 1 is 1.45 bits per heavy atom. The molecule has 0 aliphatic carbocycles. The Hall–Kier alpha value is -1.04. The largest absolute Gasteiger partial charge is 0.359 e. The van der Waals surface area contributed by atoms with E-state index in [0.717, 1.165) is 0 Å². The number of nitrogens with one attached hydrogen (secondary N) is 1. The van der Waals surface area contributed by atoms with E-state index in [-0.39, 0.29) is 5.82 Å². The van der Waals surface area contributed by atoms with Gasteiger partial charge in [0.05, 0.1) is 0 Å². The van der Waals surface area contributed by atoms with Crippen LogP contribution in [0.5, 0.6) is 0 Å². The van der Waals surface area contributed by atoms with Crippen LogP contribution in [0, 0.1) is 13.8 Å². The van der Waals surface area contributed by atoms with Gasteiger partial charge in [-0.3, -0.25) is 4.72 Å². The van der Waals surface area contributed by atoms with Crippen LogP contribution in [-0.2, 0) is 10.9 Å². The van der Waals surface area contributed by atoms with Gasteiger partial charge in [0, 0.05) is 5.56 Å². The van der Waals surface area contributed by atoms with Crippen molar-refractivity contribution in [2.24, 2.45) is 0 Å². The topological polar surface area (TPSA) is 72.2 Å². The van der Waals surface area contributed by atoms with Gasteiger partial charge in [-0.15, -0.1) is 0 Å². The molecule has 11 heavy (non-hydrogen) atoms. The van der Waals surface area contributed by atoms with Crippen LogP contribution in [0.1, 0.15) is 11.3 Å². The Labute approximate surface area is 65.5 Å².